The van der Waals surface area contributed by atoms with Crippen LogP contribution < -0.4 is 15.4 Å². The lowest BCUT2D eigenvalue weighted by Gasteiger charge is -2.24. The minimum Gasteiger partial charge on any atom is -0.497 e. The Bertz CT molecular complexity index is 411. The molecule has 2 N–H and O–H groups in total. The van der Waals surface area contributed by atoms with Gasteiger partial charge in [0.05, 0.1) is 19.2 Å². The number of carbonyl (C=O) groups is 1. The maximum absolute atomic E-state index is 12.1. The molecule has 2 atom stereocenters. The molecule has 1 heterocycles. The fourth-order valence-electron chi connectivity index (χ4n) is 2.37. The zero-order chi connectivity index (χ0) is 13.7. The van der Waals surface area contributed by atoms with Gasteiger partial charge in [-0.15, -0.1) is 0 Å². The number of carbonyl (C=O) groups excluding carboxylic acids is 1. The van der Waals surface area contributed by atoms with E-state index in [1.54, 1.807) is 7.11 Å². The average Bonchev–Trinajstić information content (AvgIpc) is 2.48. The summed E-state index contributed by atoms with van der Waals surface area (Å²) in [5.74, 6) is 0.930. The number of piperidine rings is 1. The van der Waals surface area contributed by atoms with Crippen LogP contribution >= 0.6 is 0 Å². The van der Waals surface area contributed by atoms with E-state index in [0.717, 1.165) is 37.1 Å². The summed E-state index contributed by atoms with van der Waals surface area (Å²) >= 11 is 0. The molecule has 0 radical (unpaired) electrons. The van der Waals surface area contributed by atoms with Gasteiger partial charge in [0.25, 0.3) is 0 Å². The van der Waals surface area contributed by atoms with Crippen LogP contribution in [0.4, 0.5) is 0 Å². The molecule has 0 aliphatic carbocycles. The third-order valence-corrected chi connectivity index (χ3v) is 3.60. The van der Waals surface area contributed by atoms with Crippen molar-refractivity contribution in [1.29, 1.82) is 0 Å². The van der Waals surface area contributed by atoms with Crippen LogP contribution in [0.3, 0.4) is 0 Å². The summed E-state index contributed by atoms with van der Waals surface area (Å²) < 4.78 is 5.13. The summed E-state index contributed by atoms with van der Waals surface area (Å²) in [5, 5.41) is 6.32. The van der Waals surface area contributed by atoms with E-state index in [0.29, 0.717) is 0 Å². The van der Waals surface area contributed by atoms with Crippen molar-refractivity contribution in [2.45, 2.75) is 38.3 Å². The number of rotatable bonds is 4. The minimum atomic E-state index is -0.0329. The van der Waals surface area contributed by atoms with Gasteiger partial charge in [0, 0.05) is 0 Å². The third kappa shape index (κ3) is 3.70. The monoisotopic (exact) mass is 262 g/mol. The van der Waals surface area contributed by atoms with Crippen molar-refractivity contribution < 1.29 is 9.53 Å². The number of methoxy groups -OCH3 is 1. The van der Waals surface area contributed by atoms with E-state index >= 15 is 0 Å². The molecule has 104 valence electrons. The Morgan fingerprint density at radius 1 is 1.37 bits per heavy atom. The highest BCUT2D eigenvalue weighted by Crippen LogP contribution is 2.17. The van der Waals surface area contributed by atoms with E-state index in [-0.39, 0.29) is 18.0 Å². The van der Waals surface area contributed by atoms with E-state index in [1.165, 1.54) is 0 Å². The van der Waals surface area contributed by atoms with Crippen molar-refractivity contribution in [3.8, 4) is 5.75 Å². The number of nitrogens with one attached hydrogen (secondary N) is 2. The lowest BCUT2D eigenvalue weighted by molar-refractivity contribution is -0.124. The first kappa shape index (κ1) is 13.9. The molecule has 1 aromatic rings. The molecule has 0 bridgehead atoms. The Balaban J connectivity index is 1.91. The molecular weight excluding hydrogens is 240 g/mol. The molecule has 4 nitrogen and oxygen atoms in total. The summed E-state index contributed by atoms with van der Waals surface area (Å²) in [6, 6.07) is 7.78. The van der Waals surface area contributed by atoms with Crippen LogP contribution in [0.25, 0.3) is 0 Å². The first-order chi connectivity index (χ1) is 9.20. The minimum absolute atomic E-state index is 0.0159. The number of hydrogen-bond donors (Lipinski definition) is 2. The zero-order valence-corrected chi connectivity index (χ0v) is 11.6. The van der Waals surface area contributed by atoms with Crippen molar-refractivity contribution in [3.63, 3.8) is 0 Å². The standard InChI is InChI=1S/C15H22N2O2/c1-11(12-6-8-13(19-2)9-7-12)17-15(18)14-5-3-4-10-16-14/h6-9,11,14,16H,3-5,10H2,1-2H3,(H,17,18)/t11-,14-/m0/s1. The molecule has 1 amide bonds. The maximum Gasteiger partial charge on any atom is 0.237 e. The lowest BCUT2D eigenvalue weighted by atomic mass is 10.0. The van der Waals surface area contributed by atoms with Gasteiger partial charge in [-0.3, -0.25) is 4.79 Å². The van der Waals surface area contributed by atoms with Crippen molar-refractivity contribution in [2.24, 2.45) is 0 Å². The predicted octanol–water partition coefficient (Wildman–Crippen LogP) is 2.01. The quantitative estimate of drug-likeness (QED) is 0.872. The van der Waals surface area contributed by atoms with Crippen LogP contribution in [0, 0.1) is 0 Å². The Kier molecular flexibility index (Phi) is 4.80. The molecule has 1 saturated heterocycles. The lowest BCUT2D eigenvalue weighted by Crippen LogP contribution is -2.47. The SMILES string of the molecule is COc1ccc([C@H](C)NC(=O)[C@@H]2CCCCN2)cc1. The van der Waals surface area contributed by atoms with Gasteiger partial charge in [0.15, 0.2) is 0 Å². The first-order valence-electron chi connectivity index (χ1n) is 6.88. The number of benzene rings is 1. The second kappa shape index (κ2) is 6.57. The fourth-order valence-corrected chi connectivity index (χ4v) is 2.37. The summed E-state index contributed by atoms with van der Waals surface area (Å²) in [6.45, 7) is 2.94. The van der Waals surface area contributed by atoms with E-state index in [1.807, 2.05) is 31.2 Å². The Morgan fingerprint density at radius 3 is 2.68 bits per heavy atom. The molecule has 19 heavy (non-hydrogen) atoms. The number of ether oxygens (including phenoxy) is 1. The first-order valence-corrected chi connectivity index (χ1v) is 6.88. The topological polar surface area (TPSA) is 50.4 Å². The molecule has 1 fully saturated rings. The highest BCUT2D eigenvalue weighted by Gasteiger charge is 2.21. The van der Waals surface area contributed by atoms with Gasteiger partial charge >= 0.3 is 0 Å². The van der Waals surface area contributed by atoms with Gasteiger partial charge in [0.2, 0.25) is 5.91 Å². The van der Waals surface area contributed by atoms with E-state index in [9.17, 15) is 4.79 Å². The van der Waals surface area contributed by atoms with E-state index in [2.05, 4.69) is 10.6 Å². The molecule has 0 saturated carbocycles. The molecule has 1 aromatic carbocycles. The second-order valence-electron chi connectivity index (χ2n) is 5.01. The molecule has 1 aliphatic rings. The summed E-state index contributed by atoms with van der Waals surface area (Å²) in [6.07, 6.45) is 3.22. The number of hydrogen-bond acceptors (Lipinski definition) is 3. The van der Waals surface area contributed by atoms with Crippen molar-refractivity contribution in [2.75, 3.05) is 13.7 Å². The van der Waals surface area contributed by atoms with Gasteiger partial charge in [-0.2, -0.15) is 0 Å². The highest BCUT2D eigenvalue weighted by molar-refractivity contribution is 5.82. The van der Waals surface area contributed by atoms with E-state index < -0.39 is 0 Å². The van der Waals surface area contributed by atoms with Gasteiger partial charge in [0.1, 0.15) is 5.75 Å². The third-order valence-electron chi connectivity index (χ3n) is 3.60. The van der Waals surface area contributed by atoms with Crippen molar-refractivity contribution in [3.05, 3.63) is 29.8 Å². The fraction of sp³-hybridized carbons (Fsp3) is 0.533. The molecular formula is C15H22N2O2. The molecule has 4 heteroatoms. The van der Waals surface area contributed by atoms with Crippen molar-refractivity contribution in [1.82, 2.24) is 10.6 Å². The van der Waals surface area contributed by atoms with Gasteiger partial charge in [-0.1, -0.05) is 18.6 Å². The van der Waals surface area contributed by atoms with E-state index in [4.69, 9.17) is 4.74 Å². The molecule has 2 rings (SSSR count). The Hall–Kier alpha value is -1.55. The number of amides is 1. The van der Waals surface area contributed by atoms with Crippen LogP contribution in [-0.2, 0) is 4.79 Å². The van der Waals surface area contributed by atoms with Crippen LogP contribution in [0.5, 0.6) is 5.75 Å². The molecule has 0 unspecified atom stereocenters. The highest BCUT2D eigenvalue weighted by atomic mass is 16.5. The van der Waals surface area contributed by atoms with Crippen LogP contribution in [0.2, 0.25) is 0 Å². The largest absolute Gasteiger partial charge is 0.497 e. The molecule has 1 aliphatic heterocycles. The van der Waals surface area contributed by atoms with Crippen molar-refractivity contribution >= 4 is 5.91 Å². The van der Waals surface area contributed by atoms with Gasteiger partial charge < -0.3 is 15.4 Å². The normalized spacial score (nSPS) is 20.6. The van der Waals surface area contributed by atoms with Gasteiger partial charge in [-0.05, 0) is 44.0 Å². The Morgan fingerprint density at radius 2 is 2.11 bits per heavy atom. The predicted molar refractivity (Wildman–Crippen MR) is 75.2 cm³/mol. The Labute approximate surface area is 114 Å². The summed E-state index contributed by atoms with van der Waals surface area (Å²) in [7, 11) is 1.65. The second-order valence-corrected chi connectivity index (χ2v) is 5.01. The van der Waals surface area contributed by atoms with Crippen LogP contribution in [0.1, 0.15) is 37.8 Å². The summed E-state index contributed by atoms with van der Waals surface area (Å²) in [4.78, 5) is 12.1. The van der Waals surface area contributed by atoms with Gasteiger partial charge in [-0.25, -0.2) is 0 Å². The smallest absolute Gasteiger partial charge is 0.237 e. The van der Waals surface area contributed by atoms with Crippen LogP contribution in [0.15, 0.2) is 24.3 Å². The van der Waals surface area contributed by atoms with Crippen LogP contribution in [-0.4, -0.2) is 25.6 Å². The average molecular weight is 262 g/mol. The molecule has 0 spiro atoms. The maximum atomic E-state index is 12.1. The summed E-state index contributed by atoms with van der Waals surface area (Å²) in [5.41, 5.74) is 1.09. The zero-order valence-electron chi connectivity index (χ0n) is 11.6. The molecule has 0 aromatic heterocycles.